The number of hydrogen-bond acceptors (Lipinski definition) is 6. The van der Waals surface area contributed by atoms with Crippen molar-refractivity contribution in [2.24, 2.45) is 0 Å². The minimum atomic E-state index is -0.154. The van der Waals surface area contributed by atoms with Crippen molar-refractivity contribution < 1.29 is 9.21 Å². The number of hydrogen-bond donors (Lipinski definition) is 1. The lowest BCUT2D eigenvalue weighted by molar-refractivity contribution is -0.131. The van der Waals surface area contributed by atoms with Crippen LogP contribution in [0.4, 0.5) is 6.01 Å². The molecule has 1 aliphatic rings. The second-order valence-electron chi connectivity index (χ2n) is 7.05. The molecule has 0 aliphatic carbocycles. The Morgan fingerprint density at radius 3 is 2.61 bits per heavy atom. The Balaban J connectivity index is 1.34. The fourth-order valence-corrected chi connectivity index (χ4v) is 3.58. The van der Waals surface area contributed by atoms with E-state index >= 15 is 0 Å². The van der Waals surface area contributed by atoms with Gasteiger partial charge in [0.1, 0.15) is 11.3 Å². The summed E-state index contributed by atoms with van der Waals surface area (Å²) in [5.41, 5.74) is 2.73. The molecule has 0 atom stereocenters. The molecule has 1 saturated heterocycles. The van der Waals surface area contributed by atoms with Crippen LogP contribution in [0.2, 0.25) is 0 Å². The molecule has 1 aromatic carbocycles. The third kappa shape index (κ3) is 3.62. The zero-order valence-electron chi connectivity index (χ0n) is 16.1. The number of nitrogens with one attached hydrogen (secondary N) is 1. The Morgan fingerprint density at radius 1 is 1.14 bits per heavy atom. The number of aromatic amines is 1. The predicted molar refractivity (Wildman–Crippen MR) is 105 cm³/mol. The molecule has 1 fully saturated rings. The summed E-state index contributed by atoms with van der Waals surface area (Å²) in [4.78, 5) is 40.1. The van der Waals surface area contributed by atoms with Crippen molar-refractivity contribution in [1.82, 2.24) is 19.9 Å². The number of aryl methyl sites for hydroxylation is 2. The smallest absolute Gasteiger partial charge is 0.298 e. The largest absolute Gasteiger partial charge is 0.423 e. The van der Waals surface area contributed by atoms with E-state index in [1.54, 1.807) is 13.8 Å². The molecule has 8 heteroatoms. The van der Waals surface area contributed by atoms with E-state index in [0.29, 0.717) is 62.1 Å². The monoisotopic (exact) mass is 381 g/mol. The van der Waals surface area contributed by atoms with Crippen LogP contribution >= 0.6 is 0 Å². The van der Waals surface area contributed by atoms with Crippen LogP contribution in [0, 0.1) is 13.8 Å². The van der Waals surface area contributed by atoms with Gasteiger partial charge in [0.15, 0.2) is 5.58 Å². The number of carbonyl (C=O) groups is 1. The molecular formula is C20H23N5O3. The maximum atomic E-state index is 12.6. The summed E-state index contributed by atoms with van der Waals surface area (Å²) in [5.74, 6) is 0.643. The maximum Gasteiger partial charge on any atom is 0.298 e. The van der Waals surface area contributed by atoms with Crippen molar-refractivity contribution in [1.29, 1.82) is 0 Å². The Morgan fingerprint density at radius 2 is 1.89 bits per heavy atom. The van der Waals surface area contributed by atoms with Crippen LogP contribution in [0.3, 0.4) is 0 Å². The topological polar surface area (TPSA) is 95.3 Å². The minimum Gasteiger partial charge on any atom is -0.423 e. The summed E-state index contributed by atoms with van der Waals surface area (Å²) in [6.07, 6.45) is 0.705. The van der Waals surface area contributed by atoms with Gasteiger partial charge in [-0.25, -0.2) is 4.98 Å². The highest BCUT2D eigenvalue weighted by molar-refractivity contribution is 5.77. The number of oxazole rings is 1. The SMILES string of the molecule is Cc1nc(C)c(CCC(=O)N2CCN(c3nc4ccccc4o3)CC2)c(=O)[nH]1. The average molecular weight is 381 g/mol. The highest BCUT2D eigenvalue weighted by Crippen LogP contribution is 2.22. The molecule has 0 unspecified atom stereocenters. The molecule has 0 spiro atoms. The van der Waals surface area contributed by atoms with Crippen molar-refractivity contribution in [2.45, 2.75) is 26.7 Å². The summed E-state index contributed by atoms with van der Waals surface area (Å²) >= 11 is 0. The van der Waals surface area contributed by atoms with E-state index in [0.717, 1.165) is 11.1 Å². The number of amides is 1. The van der Waals surface area contributed by atoms with E-state index in [4.69, 9.17) is 4.42 Å². The van der Waals surface area contributed by atoms with E-state index in [9.17, 15) is 9.59 Å². The fourth-order valence-electron chi connectivity index (χ4n) is 3.58. The number of para-hydroxylation sites is 2. The lowest BCUT2D eigenvalue weighted by Crippen LogP contribution is -2.49. The van der Waals surface area contributed by atoms with Crippen LogP contribution in [0.5, 0.6) is 0 Å². The van der Waals surface area contributed by atoms with E-state index in [1.165, 1.54) is 0 Å². The van der Waals surface area contributed by atoms with Gasteiger partial charge >= 0.3 is 0 Å². The Bertz CT molecular complexity index is 1030. The van der Waals surface area contributed by atoms with Crippen molar-refractivity contribution in [3.63, 3.8) is 0 Å². The summed E-state index contributed by atoms with van der Waals surface area (Å²) in [5, 5.41) is 0. The third-order valence-electron chi connectivity index (χ3n) is 5.12. The summed E-state index contributed by atoms with van der Waals surface area (Å²) < 4.78 is 5.81. The van der Waals surface area contributed by atoms with Gasteiger partial charge in [0.2, 0.25) is 5.91 Å². The highest BCUT2D eigenvalue weighted by atomic mass is 16.4. The van der Waals surface area contributed by atoms with E-state index in [2.05, 4.69) is 19.9 Å². The van der Waals surface area contributed by atoms with Gasteiger partial charge in [-0.1, -0.05) is 12.1 Å². The van der Waals surface area contributed by atoms with Crippen LogP contribution in [0.15, 0.2) is 33.5 Å². The van der Waals surface area contributed by atoms with E-state index < -0.39 is 0 Å². The second-order valence-corrected chi connectivity index (χ2v) is 7.05. The van der Waals surface area contributed by atoms with Crippen LogP contribution in [0.25, 0.3) is 11.1 Å². The molecule has 0 saturated carbocycles. The van der Waals surface area contributed by atoms with E-state index in [1.807, 2.05) is 29.2 Å². The number of fused-ring (bicyclic) bond motifs is 1. The highest BCUT2D eigenvalue weighted by Gasteiger charge is 2.24. The van der Waals surface area contributed by atoms with Crippen molar-refractivity contribution in [2.75, 3.05) is 31.1 Å². The molecule has 3 aromatic rings. The number of piperazine rings is 1. The number of benzene rings is 1. The quantitative estimate of drug-likeness (QED) is 0.741. The number of nitrogens with zero attached hydrogens (tertiary/aromatic N) is 4. The zero-order valence-corrected chi connectivity index (χ0v) is 16.1. The number of aromatic nitrogens is 3. The van der Waals surface area contributed by atoms with Crippen LogP contribution in [-0.2, 0) is 11.2 Å². The minimum absolute atomic E-state index is 0.0524. The average Bonchev–Trinajstić information content (AvgIpc) is 3.11. The first-order chi connectivity index (χ1) is 13.5. The Hall–Kier alpha value is -3.16. The Labute approximate surface area is 162 Å². The van der Waals surface area contributed by atoms with E-state index in [-0.39, 0.29) is 11.5 Å². The first-order valence-corrected chi connectivity index (χ1v) is 9.46. The van der Waals surface area contributed by atoms with Crippen molar-refractivity contribution >= 4 is 23.0 Å². The molecule has 4 rings (SSSR count). The second kappa shape index (κ2) is 7.46. The van der Waals surface area contributed by atoms with Gasteiger partial charge in [0.05, 0.1) is 0 Å². The zero-order chi connectivity index (χ0) is 19.7. The number of carbonyl (C=O) groups excluding carboxylic acids is 1. The summed E-state index contributed by atoms with van der Waals surface area (Å²) in [6, 6.07) is 8.27. The summed E-state index contributed by atoms with van der Waals surface area (Å²) in [6.45, 7) is 6.12. The van der Waals surface area contributed by atoms with Crippen molar-refractivity contribution in [3.8, 4) is 0 Å². The third-order valence-corrected chi connectivity index (χ3v) is 5.12. The van der Waals surface area contributed by atoms with Gasteiger partial charge in [-0.15, -0.1) is 0 Å². The molecule has 0 radical (unpaired) electrons. The van der Waals surface area contributed by atoms with Crippen molar-refractivity contribution in [3.05, 3.63) is 51.7 Å². The molecule has 0 bridgehead atoms. The van der Waals surface area contributed by atoms with Gasteiger partial charge in [-0.05, 0) is 32.4 Å². The predicted octanol–water partition coefficient (Wildman–Crippen LogP) is 1.81. The normalized spacial score (nSPS) is 14.6. The molecule has 8 nitrogen and oxygen atoms in total. The lowest BCUT2D eigenvalue weighted by Gasteiger charge is -2.33. The number of rotatable bonds is 4. The molecule has 1 N–H and O–H groups in total. The maximum absolute atomic E-state index is 12.6. The van der Waals surface area contributed by atoms with Gasteiger partial charge < -0.3 is 19.2 Å². The standard InChI is InChI=1S/C20H23N5O3/c1-13-15(19(27)22-14(2)21-13)7-8-18(26)24-9-11-25(12-10-24)20-23-16-5-3-4-6-17(16)28-20/h3-6H,7-12H2,1-2H3,(H,21,22,27). The van der Waals surface area contributed by atoms with Gasteiger partial charge in [0.25, 0.3) is 11.6 Å². The molecule has 2 aromatic heterocycles. The lowest BCUT2D eigenvalue weighted by atomic mass is 10.1. The molecule has 3 heterocycles. The van der Waals surface area contributed by atoms with Gasteiger partial charge in [-0.3, -0.25) is 9.59 Å². The van der Waals surface area contributed by atoms with Gasteiger partial charge in [-0.2, -0.15) is 4.98 Å². The van der Waals surface area contributed by atoms with Gasteiger partial charge in [0, 0.05) is 43.9 Å². The molecule has 1 aliphatic heterocycles. The molecule has 146 valence electrons. The Kier molecular flexibility index (Phi) is 4.85. The first kappa shape index (κ1) is 18.2. The summed E-state index contributed by atoms with van der Waals surface area (Å²) in [7, 11) is 0. The molecule has 1 amide bonds. The number of H-pyrrole nitrogens is 1. The molecule has 28 heavy (non-hydrogen) atoms. The van der Waals surface area contributed by atoms with Crippen LogP contribution < -0.4 is 10.5 Å². The van der Waals surface area contributed by atoms with Crippen LogP contribution in [0.1, 0.15) is 23.5 Å². The number of anilines is 1. The fraction of sp³-hybridized carbons (Fsp3) is 0.400. The molecular weight excluding hydrogens is 358 g/mol. The van der Waals surface area contributed by atoms with Crippen LogP contribution in [-0.4, -0.2) is 51.9 Å². The first-order valence-electron chi connectivity index (χ1n) is 9.46.